The fourth-order valence-corrected chi connectivity index (χ4v) is 4.68. The van der Waals surface area contributed by atoms with Crippen LogP contribution in [-0.4, -0.2) is 27.1 Å². The van der Waals surface area contributed by atoms with Crippen LogP contribution in [0, 0.1) is 0 Å². The van der Waals surface area contributed by atoms with Gasteiger partial charge < -0.3 is 10.2 Å². The molecule has 0 amide bonds. The van der Waals surface area contributed by atoms with Crippen LogP contribution in [0.25, 0.3) is 0 Å². The summed E-state index contributed by atoms with van der Waals surface area (Å²) in [6, 6.07) is 5.40. The second-order valence-corrected chi connectivity index (χ2v) is 8.15. The number of nitrogens with one attached hydrogen (secondary N) is 1. The predicted molar refractivity (Wildman–Crippen MR) is 108 cm³/mol. The van der Waals surface area contributed by atoms with Crippen LogP contribution >= 0.6 is 12.2 Å². The van der Waals surface area contributed by atoms with Crippen LogP contribution in [-0.2, 0) is 6.54 Å². The second kappa shape index (κ2) is 10.1. The van der Waals surface area contributed by atoms with Gasteiger partial charge in [0.1, 0.15) is 0 Å². The molecule has 0 atom stereocenters. The summed E-state index contributed by atoms with van der Waals surface area (Å²) in [6.45, 7) is 0.908. The van der Waals surface area contributed by atoms with Gasteiger partial charge in [-0.1, -0.05) is 51.4 Å². The Kier molecular flexibility index (Phi) is 7.53. The number of pyridine rings is 1. The van der Waals surface area contributed by atoms with Crippen molar-refractivity contribution in [1.82, 2.24) is 15.2 Å². The Labute approximate surface area is 158 Å². The topological polar surface area (TPSA) is 28.2 Å². The lowest BCUT2D eigenvalue weighted by molar-refractivity contribution is 0.231. The first-order chi connectivity index (χ1) is 12.3. The van der Waals surface area contributed by atoms with Gasteiger partial charge in [-0.2, -0.15) is 0 Å². The lowest BCUT2D eigenvalue weighted by Gasteiger charge is -2.38. The molecule has 1 aromatic rings. The maximum Gasteiger partial charge on any atom is 0.169 e. The summed E-state index contributed by atoms with van der Waals surface area (Å²) < 4.78 is 0. The summed E-state index contributed by atoms with van der Waals surface area (Å²) in [6.07, 6.45) is 19.8. The van der Waals surface area contributed by atoms with Crippen molar-refractivity contribution < 1.29 is 0 Å². The van der Waals surface area contributed by atoms with E-state index < -0.39 is 0 Å². The van der Waals surface area contributed by atoms with Crippen molar-refractivity contribution in [2.24, 2.45) is 0 Å². The van der Waals surface area contributed by atoms with E-state index in [-0.39, 0.29) is 0 Å². The quantitative estimate of drug-likeness (QED) is 0.748. The molecule has 0 aromatic carbocycles. The Morgan fingerprint density at radius 2 is 1.48 bits per heavy atom. The molecule has 2 aliphatic rings. The van der Waals surface area contributed by atoms with E-state index in [1.807, 2.05) is 12.4 Å². The van der Waals surface area contributed by atoms with Gasteiger partial charge in [-0.3, -0.25) is 4.98 Å². The van der Waals surface area contributed by atoms with Gasteiger partial charge in [0, 0.05) is 31.0 Å². The Morgan fingerprint density at radius 1 is 0.920 bits per heavy atom. The molecule has 138 valence electrons. The highest BCUT2D eigenvalue weighted by Crippen LogP contribution is 2.25. The summed E-state index contributed by atoms with van der Waals surface area (Å²) in [4.78, 5) is 6.63. The molecule has 0 unspecified atom stereocenters. The number of nitrogens with zero attached hydrogens (tertiary/aromatic N) is 2. The van der Waals surface area contributed by atoms with Gasteiger partial charge >= 0.3 is 0 Å². The zero-order chi connectivity index (χ0) is 17.3. The van der Waals surface area contributed by atoms with Gasteiger partial charge in [0.05, 0.1) is 0 Å². The molecular weight excluding hydrogens is 326 g/mol. The normalized spacial score (nSPS) is 20.5. The molecule has 4 heteroatoms. The third-order valence-electron chi connectivity index (χ3n) is 5.81. The van der Waals surface area contributed by atoms with E-state index in [9.17, 15) is 0 Å². The van der Waals surface area contributed by atoms with E-state index in [4.69, 9.17) is 12.2 Å². The van der Waals surface area contributed by atoms with Crippen LogP contribution in [0.5, 0.6) is 0 Å². The van der Waals surface area contributed by atoms with E-state index >= 15 is 0 Å². The van der Waals surface area contributed by atoms with Crippen molar-refractivity contribution >= 4 is 17.3 Å². The van der Waals surface area contributed by atoms with E-state index in [1.165, 1.54) is 82.6 Å². The Balaban J connectivity index is 1.65. The first kappa shape index (κ1) is 18.6. The highest BCUT2D eigenvalue weighted by Gasteiger charge is 2.25. The minimum absolute atomic E-state index is 0.566. The molecule has 0 spiro atoms. The average Bonchev–Trinajstić information content (AvgIpc) is 2.63. The monoisotopic (exact) mass is 359 g/mol. The zero-order valence-electron chi connectivity index (χ0n) is 15.5. The van der Waals surface area contributed by atoms with E-state index in [0.717, 1.165) is 11.7 Å². The first-order valence-electron chi connectivity index (χ1n) is 10.3. The Hall–Kier alpha value is -1.16. The van der Waals surface area contributed by atoms with Crippen LogP contribution in [0.2, 0.25) is 0 Å². The van der Waals surface area contributed by atoms with Crippen LogP contribution in [0.1, 0.15) is 82.6 Å². The first-order valence-corrected chi connectivity index (χ1v) is 10.7. The third-order valence-corrected chi connectivity index (χ3v) is 6.16. The molecule has 1 aromatic heterocycles. The molecule has 2 fully saturated rings. The highest BCUT2D eigenvalue weighted by atomic mass is 32.1. The largest absolute Gasteiger partial charge is 0.360 e. The summed E-state index contributed by atoms with van der Waals surface area (Å²) in [5, 5.41) is 4.73. The predicted octanol–water partition coefficient (Wildman–Crippen LogP) is 5.20. The Bertz CT molecular complexity index is 505. The average molecular weight is 360 g/mol. The lowest BCUT2D eigenvalue weighted by atomic mass is 9.94. The van der Waals surface area contributed by atoms with Crippen molar-refractivity contribution in [3.05, 3.63) is 30.1 Å². The summed E-state index contributed by atoms with van der Waals surface area (Å²) >= 11 is 5.91. The van der Waals surface area contributed by atoms with Crippen LogP contribution in [0.3, 0.4) is 0 Å². The van der Waals surface area contributed by atoms with Crippen molar-refractivity contribution in [2.75, 3.05) is 0 Å². The molecule has 0 saturated heterocycles. The van der Waals surface area contributed by atoms with Crippen LogP contribution in [0.15, 0.2) is 24.5 Å². The number of rotatable bonds is 4. The number of hydrogen-bond acceptors (Lipinski definition) is 2. The molecule has 1 N–H and O–H groups in total. The molecule has 3 nitrogen and oxygen atoms in total. The van der Waals surface area contributed by atoms with Crippen molar-refractivity contribution in [2.45, 2.75) is 95.7 Å². The molecular formula is C21H33N3S. The minimum atomic E-state index is 0.566. The molecule has 0 radical (unpaired) electrons. The van der Waals surface area contributed by atoms with Crippen molar-refractivity contribution in [3.63, 3.8) is 0 Å². The van der Waals surface area contributed by atoms with Crippen molar-refractivity contribution in [1.29, 1.82) is 0 Å². The SMILES string of the molecule is S=C(NC1CCCCCCC1)N(Cc1ccncc1)C1CCCCC1. The number of hydrogen-bond donors (Lipinski definition) is 1. The van der Waals surface area contributed by atoms with Gasteiger partial charge in [0.15, 0.2) is 5.11 Å². The van der Waals surface area contributed by atoms with E-state index in [0.29, 0.717) is 12.1 Å². The Morgan fingerprint density at radius 3 is 2.16 bits per heavy atom. The minimum Gasteiger partial charge on any atom is -0.360 e. The van der Waals surface area contributed by atoms with Gasteiger partial charge in [0.2, 0.25) is 0 Å². The molecule has 1 heterocycles. The maximum atomic E-state index is 5.91. The maximum absolute atomic E-state index is 5.91. The molecule has 2 saturated carbocycles. The van der Waals surface area contributed by atoms with Gasteiger partial charge in [-0.15, -0.1) is 0 Å². The van der Waals surface area contributed by atoms with E-state index in [1.54, 1.807) is 0 Å². The van der Waals surface area contributed by atoms with E-state index in [2.05, 4.69) is 27.3 Å². The highest BCUT2D eigenvalue weighted by molar-refractivity contribution is 7.80. The summed E-state index contributed by atoms with van der Waals surface area (Å²) in [5.41, 5.74) is 1.31. The number of thiocarbonyl (C=S) groups is 1. The van der Waals surface area contributed by atoms with Gasteiger partial charge in [-0.25, -0.2) is 0 Å². The van der Waals surface area contributed by atoms with Crippen LogP contribution < -0.4 is 5.32 Å². The lowest BCUT2D eigenvalue weighted by Crippen LogP contribution is -2.49. The summed E-state index contributed by atoms with van der Waals surface area (Å²) in [7, 11) is 0. The molecule has 0 bridgehead atoms. The van der Waals surface area contributed by atoms with Crippen LogP contribution in [0.4, 0.5) is 0 Å². The number of aromatic nitrogens is 1. The molecule has 0 aliphatic heterocycles. The zero-order valence-corrected chi connectivity index (χ0v) is 16.3. The standard InChI is InChI=1S/C21H33N3S/c25-21(23-19-9-5-2-1-3-6-10-19)24(20-11-7-4-8-12-20)17-18-13-15-22-16-14-18/h13-16,19-20H,1-12,17H2,(H,23,25). The molecule has 2 aliphatic carbocycles. The van der Waals surface area contributed by atoms with Gasteiger partial charge in [-0.05, 0) is 55.6 Å². The fraction of sp³-hybridized carbons (Fsp3) is 0.714. The smallest absolute Gasteiger partial charge is 0.169 e. The second-order valence-electron chi connectivity index (χ2n) is 7.77. The fourth-order valence-electron chi connectivity index (χ4n) is 4.30. The molecule has 3 rings (SSSR count). The third kappa shape index (κ3) is 5.95. The van der Waals surface area contributed by atoms with Crippen molar-refractivity contribution in [3.8, 4) is 0 Å². The molecule has 25 heavy (non-hydrogen) atoms. The summed E-state index contributed by atoms with van der Waals surface area (Å²) in [5.74, 6) is 0. The van der Waals surface area contributed by atoms with Gasteiger partial charge in [0.25, 0.3) is 0 Å².